The fourth-order valence-electron chi connectivity index (χ4n) is 1.55. The summed E-state index contributed by atoms with van der Waals surface area (Å²) in [6.07, 6.45) is 5.94. The summed E-state index contributed by atoms with van der Waals surface area (Å²) in [4.78, 5) is 12.2. The smallest absolute Gasteiger partial charge is 0.140 e. The van der Waals surface area contributed by atoms with Gasteiger partial charge in [0.1, 0.15) is 18.5 Å². The van der Waals surface area contributed by atoms with Crippen LogP contribution >= 0.6 is 0 Å². The van der Waals surface area contributed by atoms with Crippen molar-refractivity contribution in [2.45, 2.75) is 33.0 Å². The van der Waals surface area contributed by atoms with Crippen molar-refractivity contribution < 1.29 is 0 Å². The van der Waals surface area contributed by atoms with Crippen LogP contribution in [0.1, 0.15) is 24.9 Å². The maximum atomic E-state index is 4.22. The average Bonchev–Trinajstić information content (AvgIpc) is 2.79. The van der Waals surface area contributed by atoms with Crippen molar-refractivity contribution in [2.24, 2.45) is 0 Å². The molecule has 0 spiro atoms. The number of nitrogens with zero attached hydrogens (tertiary/aromatic N) is 5. The zero-order valence-electron chi connectivity index (χ0n) is 9.87. The summed E-state index contributed by atoms with van der Waals surface area (Å²) < 4.78 is 1.92. The third-order valence-corrected chi connectivity index (χ3v) is 2.36. The Morgan fingerprint density at radius 2 is 2.18 bits per heavy atom. The molecular weight excluding hydrogens is 216 g/mol. The highest BCUT2D eigenvalue weighted by Gasteiger charge is 2.02. The third-order valence-electron chi connectivity index (χ3n) is 2.36. The third kappa shape index (κ3) is 3.32. The van der Waals surface area contributed by atoms with E-state index in [4.69, 9.17) is 0 Å². The van der Waals surface area contributed by atoms with Crippen LogP contribution in [-0.2, 0) is 19.6 Å². The van der Waals surface area contributed by atoms with E-state index in [2.05, 4.69) is 32.3 Å². The minimum Gasteiger partial charge on any atom is -0.304 e. The molecule has 2 aromatic rings. The molecule has 0 aliphatic heterocycles. The summed E-state index contributed by atoms with van der Waals surface area (Å²) in [5.74, 6) is 0.959. The Morgan fingerprint density at radius 3 is 2.94 bits per heavy atom. The molecule has 1 N–H and O–H groups in total. The second-order valence-corrected chi connectivity index (χ2v) is 3.70. The molecule has 0 fully saturated rings. The highest BCUT2D eigenvalue weighted by Crippen LogP contribution is 1.97. The molecule has 0 atom stereocenters. The molecule has 0 unspecified atom stereocenters. The Hall–Kier alpha value is -1.82. The fraction of sp³-hybridized carbons (Fsp3) is 0.455. The Kier molecular flexibility index (Phi) is 4.15. The minimum atomic E-state index is 0.698. The van der Waals surface area contributed by atoms with E-state index >= 15 is 0 Å². The van der Waals surface area contributed by atoms with Crippen molar-refractivity contribution in [3.05, 3.63) is 36.4 Å². The quantitative estimate of drug-likeness (QED) is 0.796. The van der Waals surface area contributed by atoms with Gasteiger partial charge in [-0.2, -0.15) is 5.10 Å². The molecule has 0 bridgehead atoms. The van der Waals surface area contributed by atoms with Gasteiger partial charge < -0.3 is 5.32 Å². The highest BCUT2D eigenvalue weighted by molar-refractivity contribution is 4.97. The summed E-state index contributed by atoms with van der Waals surface area (Å²) >= 11 is 0. The van der Waals surface area contributed by atoms with Gasteiger partial charge in [-0.15, -0.1) is 0 Å². The molecule has 2 aromatic heterocycles. The number of aryl methyl sites for hydroxylation is 1. The van der Waals surface area contributed by atoms with Crippen LogP contribution in [0.2, 0.25) is 0 Å². The van der Waals surface area contributed by atoms with Crippen LogP contribution in [0.25, 0.3) is 0 Å². The van der Waals surface area contributed by atoms with Crippen molar-refractivity contribution in [1.82, 2.24) is 30.0 Å². The molecule has 0 amide bonds. The van der Waals surface area contributed by atoms with Crippen LogP contribution in [0.15, 0.2) is 24.9 Å². The van der Waals surface area contributed by atoms with Crippen molar-refractivity contribution in [3.8, 4) is 0 Å². The maximum absolute atomic E-state index is 4.22. The molecule has 0 aromatic carbocycles. The molecule has 0 radical (unpaired) electrons. The first-order valence-corrected chi connectivity index (χ1v) is 5.72. The first-order valence-electron chi connectivity index (χ1n) is 5.72. The second-order valence-electron chi connectivity index (χ2n) is 3.70. The van der Waals surface area contributed by atoms with E-state index in [-0.39, 0.29) is 0 Å². The van der Waals surface area contributed by atoms with Gasteiger partial charge in [0.15, 0.2) is 0 Å². The van der Waals surface area contributed by atoms with Gasteiger partial charge in [0.25, 0.3) is 0 Å². The van der Waals surface area contributed by atoms with Crippen LogP contribution in [0, 0.1) is 0 Å². The van der Waals surface area contributed by atoms with Gasteiger partial charge in [-0.3, -0.25) is 0 Å². The predicted molar refractivity (Wildman–Crippen MR) is 62.9 cm³/mol. The summed E-state index contributed by atoms with van der Waals surface area (Å²) in [6.45, 7) is 4.44. The lowest BCUT2D eigenvalue weighted by molar-refractivity contribution is 0.540. The monoisotopic (exact) mass is 232 g/mol. The van der Waals surface area contributed by atoms with Gasteiger partial charge in [-0.1, -0.05) is 6.92 Å². The summed E-state index contributed by atoms with van der Waals surface area (Å²) in [6, 6.07) is 1.89. The summed E-state index contributed by atoms with van der Waals surface area (Å²) in [5, 5.41) is 7.46. The molecule has 0 saturated carbocycles. The Labute approximate surface area is 100 Å². The van der Waals surface area contributed by atoms with Gasteiger partial charge in [0.2, 0.25) is 0 Å². The molecule has 6 nitrogen and oxygen atoms in total. The lowest BCUT2D eigenvalue weighted by Crippen LogP contribution is -2.18. The molecule has 0 aliphatic carbocycles. The van der Waals surface area contributed by atoms with E-state index in [0.717, 1.165) is 24.5 Å². The Morgan fingerprint density at radius 1 is 1.24 bits per heavy atom. The molecule has 2 rings (SSSR count). The van der Waals surface area contributed by atoms with E-state index in [1.807, 2.05) is 10.7 Å². The lowest BCUT2D eigenvalue weighted by Gasteiger charge is -2.05. The van der Waals surface area contributed by atoms with Crippen molar-refractivity contribution in [2.75, 3.05) is 0 Å². The van der Waals surface area contributed by atoms with Gasteiger partial charge in [0, 0.05) is 19.3 Å². The number of nitrogens with one attached hydrogen (secondary N) is 1. The first kappa shape index (κ1) is 11.7. The number of hydrogen-bond donors (Lipinski definition) is 1. The van der Waals surface area contributed by atoms with Gasteiger partial charge in [-0.05, 0) is 12.5 Å². The zero-order chi connectivity index (χ0) is 11.9. The van der Waals surface area contributed by atoms with E-state index in [9.17, 15) is 0 Å². The van der Waals surface area contributed by atoms with Crippen LogP contribution in [0.4, 0.5) is 0 Å². The van der Waals surface area contributed by atoms with Crippen LogP contribution in [-0.4, -0.2) is 24.7 Å². The first-order chi connectivity index (χ1) is 8.40. The predicted octanol–water partition coefficient (Wildman–Crippen LogP) is 0.768. The zero-order valence-corrected chi connectivity index (χ0v) is 9.87. The Balaban J connectivity index is 1.84. The van der Waals surface area contributed by atoms with Crippen molar-refractivity contribution in [1.29, 1.82) is 0 Å². The Bertz CT molecular complexity index is 438. The number of aromatic nitrogens is 5. The largest absolute Gasteiger partial charge is 0.304 e. The molecular formula is C11H16N6. The fourth-order valence-corrected chi connectivity index (χ4v) is 1.55. The van der Waals surface area contributed by atoms with Crippen LogP contribution < -0.4 is 5.32 Å². The van der Waals surface area contributed by atoms with Crippen molar-refractivity contribution in [3.63, 3.8) is 0 Å². The molecule has 90 valence electrons. The summed E-state index contributed by atoms with van der Waals surface area (Å²) in [5.41, 5.74) is 0.974. The minimum absolute atomic E-state index is 0.698. The van der Waals surface area contributed by atoms with Crippen LogP contribution in [0.3, 0.4) is 0 Å². The number of rotatable bonds is 6. The van der Waals surface area contributed by atoms with E-state index in [1.165, 1.54) is 0 Å². The standard InChI is InChI=1S/C11H16N6/c1-2-5-17-11(15-9-16-17)7-13-6-10-3-4-12-8-14-10/h3-4,8-9,13H,2,5-7H2,1H3. The van der Waals surface area contributed by atoms with Gasteiger partial charge >= 0.3 is 0 Å². The van der Waals surface area contributed by atoms with Crippen LogP contribution in [0.5, 0.6) is 0 Å². The second kappa shape index (κ2) is 6.05. The van der Waals surface area contributed by atoms with Crippen molar-refractivity contribution >= 4 is 0 Å². The average molecular weight is 232 g/mol. The lowest BCUT2D eigenvalue weighted by atomic mass is 10.4. The summed E-state index contributed by atoms with van der Waals surface area (Å²) in [7, 11) is 0. The van der Waals surface area contributed by atoms with Gasteiger partial charge in [0.05, 0.1) is 12.2 Å². The number of hydrogen-bond acceptors (Lipinski definition) is 5. The normalized spacial score (nSPS) is 10.6. The maximum Gasteiger partial charge on any atom is 0.140 e. The van der Waals surface area contributed by atoms with E-state index in [0.29, 0.717) is 13.1 Å². The molecule has 6 heteroatoms. The molecule has 0 aliphatic rings. The highest BCUT2D eigenvalue weighted by atomic mass is 15.3. The SMILES string of the molecule is CCCn1ncnc1CNCc1ccncn1. The topological polar surface area (TPSA) is 68.5 Å². The molecule has 2 heterocycles. The molecule has 17 heavy (non-hydrogen) atoms. The van der Waals surface area contributed by atoms with Gasteiger partial charge in [-0.25, -0.2) is 19.6 Å². The van der Waals surface area contributed by atoms with E-state index in [1.54, 1.807) is 18.9 Å². The molecule has 0 saturated heterocycles. The van der Waals surface area contributed by atoms with E-state index < -0.39 is 0 Å².